The van der Waals surface area contributed by atoms with Gasteiger partial charge >= 0.3 is 0 Å². The molecule has 0 heterocycles. The van der Waals surface area contributed by atoms with Gasteiger partial charge in [-0.1, -0.05) is 90.9 Å². The molecule has 2 aliphatic carbocycles. The molecule has 0 atom stereocenters. The SMILES string of the molecule is CCCCCCCCC1CCC(C2CCC(C#N)(CCCCC)CC2)CC1. The molecular weight excluding hydrogens is 326 g/mol. The highest BCUT2D eigenvalue weighted by atomic mass is 14.4. The van der Waals surface area contributed by atoms with Gasteiger partial charge in [0.25, 0.3) is 0 Å². The first-order chi connectivity index (χ1) is 13.2. The van der Waals surface area contributed by atoms with E-state index in [1.165, 1.54) is 116 Å². The maximum Gasteiger partial charge on any atom is 0.0689 e. The smallest absolute Gasteiger partial charge is 0.0689 e. The number of rotatable bonds is 12. The predicted molar refractivity (Wildman–Crippen MR) is 118 cm³/mol. The molecule has 0 radical (unpaired) electrons. The van der Waals surface area contributed by atoms with Gasteiger partial charge in [-0.05, 0) is 62.7 Å². The standard InChI is InChI=1S/C26H47N/c1-3-5-7-8-9-10-12-23-13-15-24(16-14-23)25-17-20-26(22-27,21-18-25)19-11-6-4-2/h23-25H,3-21H2,1-2H3. The van der Waals surface area contributed by atoms with Crippen molar-refractivity contribution in [2.45, 2.75) is 136 Å². The van der Waals surface area contributed by atoms with Crippen LogP contribution in [0.25, 0.3) is 0 Å². The maximum absolute atomic E-state index is 9.77. The van der Waals surface area contributed by atoms with Crippen LogP contribution in [0.2, 0.25) is 0 Å². The highest BCUT2D eigenvalue weighted by molar-refractivity contribution is 5.02. The van der Waals surface area contributed by atoms with Crippen molar-refractivity contribution in [3.63, 3.8) is 0 Å². The summed E-state index contributed by atoms with van der Waals surface area (Å²) in [5, 5.41) is 9.77. The largest absolute Gasteiger partial charge is 0.198 e. The quantitative estimate of drug-likeness (QED) is 0.313. The van der Waals surface area contributed by atoms with Crippen LogP contribution in [0.15, 0.2) is 0 Å². The van der Waals surface area contributed by atoms with Crippen molar-refractivity contribution >= 4 is 0 Å². The van der Waals surface area contributed by atoms with Crippen LogP contribution in [0.3, 0.4) is 0 Å². The number of nitriles is 1. The molecule has 0 saturated heterocycles. The number of unbranched alkanes of at least 4 members (excludes halogenated alkanes) is 7. The Labute approximate surface area is 170 Å². The lowest BCUT2D eigenvalue weighted by molar-refractivity contribution is 0.114. The Morgan fingerprint density at radius 1 is 0.704 bits per heavy atom. The lowest BCUT2D eigenvalue weighted by atomic mass is 9.63. The van der Waals surface area contributed by atoms with E-state index in [1.54, 1.807) is 0 Å². The lowest BCUT2D eigenvalue weighted by Gasteiger charge is -2.41. The molecule has 0 aromatic heterocycles. The normalized spacial score (nSPS) is 31.5. The predicted octanol–water partition coefficient (Wildman–Crippen LogP) is 8.82. The van der Waals surface area contributed by atoms with Crippen LogP contribution in [0.1, 0.15) is 136 Å². The summed E-state index contributed by atoms with van der Waals surface area (Å²) in [5.74, 6) is 2.95. The van der Waals surface area contributed by atoms with Crippen molar-refractivity contribution in [1.29, 1.82) is 5.26 Å². The van der Waals surface area contributed by atoms with Gasteiger partial charge in [-0.25, -0.2) is 0 Å². The van der Waals surface area contributed by atoms with Gasteiger partial charge in [-0.3, -0.25) is 0 Å². The lowest BCUT2D eigenvalue weighted by Crippen LogP contribution is -2.31. The Bertz CT molecular complexity index is 404. The van der Waals surface area contributed by atoms with Crippen molar-refractivity contribution in [2.75, 3.05) is 0 Å². The van der Waals surface area contributed by atoms with Crippen molar-refractivity contribution in [3.05, 3.63) is 0 Å². The molecule has 0 spiro atoms. The van der Waals surface area contributed by atoms with E-state index in [0.717, 1.165) is 24.2 Å². The number of hydrogen-bond acceptors (Lipinski definition) is 1. The van der Waals surface area contributed by atoms with Crippen molar-refractivity contribution in [2.24, 2.45) is 23.2 Å². The van der Waals surface area contributed by atoms with Crippen molar-refractivity contribution in [1.82, 2.24) is 0 Å². The van der Waals surface area contributed by atoms with E-state index in [0.29, 0.717) is 0 Å². The summed E-state index contributed by atoms with van der Waals surface area (Å²) in [6.45, 7) is 4.57. The molecule has 27 heavy (non-hydrogen) atoms. The molecule has 0 aliphatic heterocycles. The summed E-state index contributed by atoms with van der Waals surface area (Å²) >= 11 is 0. The molecule has 0 N–H and O–H groups in total. The van der Waals surface area contributed by atoms with Gasteiger partial charge in [0.2, 0.25) is 0 Å². The molecule has 1 nitrogen and oxygen atoms in total. The van der Waals surface area contributed by atoms with E-state index < -0.39 is 0 Å². The Kier molecular flexibility index (Phi) is 10.8. The van der Waals surface area contributed by atoms with E-state index in [4.69, 9.17) is 0 Å². The minimum absolute atomic E-state index is 0.0423. The van der Waals surface area contributed by atoms with Gasteiger partial charge in [-0.2, -0.15) is 5.26 Å². The summed E-state index contributed by atoms with van der Waals surface area (Å²) in [6.07, 6.45) is 26.2. The van der Waals surface area contributed by atoms with Crippen molar-refractivity contribution < 1.29 is 0 Å². The Balaban J connectivity index is 1.61. The summed E-state index contributed by atoms with van der Waals surface area (Å²) in [5.41, 5.74) is 0.0423. The second-order valence-corrected chi connectivity index (χ2v) is 10.0. The van der Waals surface area contributed by atoms with Gasteiger partial charge in [0, 0.05) is 0 Å². The first kappa shape index (κ1) is 22.8. The topological polar surface area (TPSA) is 23.8 Å². The first-order valence-electron chi connectivity index (χ1n) is 12.6. The molecule has 2 fully saturated rings. The molecule has 2 rings (SSSR count). The zero-order chi connectivity index (χ0) is 19.4. The van der Waals surface area contributed by atoms with Crippen LogP contribution in [0, 0.1) is 34.5 Å². The third-order valence-corrected chi connectivity index (χ3v) is 8.01. The van der Waals surface area contributed by atoms with Gasteiger partial charge in [0.1, 0.15) is 0 Å². The third-order valence-electron chi connectivity index (χ3n) is 8.01. The molecular formula is C26H47N. The average Bonchev–Trinajstić information content (AvgIpc) is 2.72. The second kappa shape index (κ2) is 12.9. The number of nitrogens with zero attached hydrogens (tertiary/aromatic N) is 1. The van der Waals surface area contributed by atoms with Crippen LogP contribution >= 0.6 is 0 Å². The fraction of sp³-hybridized carbons (Fsp3) is 0.962. The number of hydrogen-bond donors (Lipinski definition) is 0. The van der Waals surface area contributed by atoms with Crippen LogP contribution in [0.4, 0.5) is 0 Å². The highest BCUT2D eigenvalue weighted by Crippen LogP contribution is 2.47. The van der Waals surface area contributed by atoms with Crippen LogP contribution < -0.4 is 0 Å². The second-order valence-electron chi connectivity index (χ2n) is 10.0. The van der Waals surface area contributed by atoms with Gasteiger partial charge in [0.15, 0.2) is 0 Å². The van der Waals surface area contributed by atoms with E-state index in [1.807, 2.05) is 0 Å². The Hall–Kier alpha value is -0.510. The van der Waals surface area contributed by atoms with Crippen LogP contribution in [-0.4, -0.2) is 0 Å². The van der Waals surface area contributed by atoms with E-state index in [9.17, 15) is 5.26 Å². The average molecular weight is 374 g/mol. The Morgan fingerprint density at radius 2 is 1.26 bits per heavy atom. The molecule has 0 aromatic carbocycles. The van der Waals surface area contributed by atoms with Gasteiger partial charge in [0.05, 0.1) is 11.5 Å². The molecule has 0 unspecified atom stereocenters. The molecule has 0 amide bonds. The summed E-state index contributed by atoms with van der Waals surface area (Å²) in [6, 6.07) is 2.75. The molecule has 2 aliphatic rings. The highest BCUT2D eigenvalue weighted by Gasteiger charge is 2.38. The molecule has 0 bridgehead atoms. The van der Waals surface area contributed by atoms with Gasteiger partial charge < -0.3 is 0 Å². The van der Waals surface area contributed by atoms with Crippen LogP contribution in [-0.2, 0) is 0 Å². The summed E-state index contributed by atoms with van der Waals surface area (Å²) in [4.78, 5) is 0. The van der Waals surface area contributed by atoms with Gasteiger partial charge in [-0.15, -0.1) is 0 Å². The third kappa shape index (κ3) is 7.79. The minimum atomic E-state index is 0.0423. The zero-order valence-corrected chi connectivity index (χ0v) is 18.6. The van der Waals surface area contributed by atoms with E-state index >= 15 is 0 Å². The summed E-state index contributed by atoms with van der Waals surface area (Å²) in [7, 11) is 0. The van der Waals surface area contributed by atoms with E-state index in [2.05, 4.69) is 19.9 Å². The fourth-order valence-corrected chi connectivity index (χ4v) is 5.96. The molecule has 156 valence electrons. The van der Waals surface area contributed by atoms with E-state index in [-0.39, 0.29) is 5.41 Å². The molecule has 2 saturated carbocycles. The van der Waals surface area contributed by atoms with Crippen molar-refractivity contribution in [3.8, 4) is 6.07 Å². The fourth-order valence-electron chi connectivity index (χ4n) is 5.96. The minimum Gasteiger partial charge on any atom is -0.198 e. The maximum atomic E-state index is 9.77. The monoisotopic (exact) mass is 373 g/mol. The Morgan fingerprint density at radius 3 is 1.89 bits per heavy atom. The zero-order valence-electron chi connectivity index (χ0n) is 18.6. The molecule has 1 heteroatoms. The summed E-state index contributed by atoms with van der Waals surface area (Å²) < 4.78 is 0. The molecule has 0 aromatic rings. The van der Waals surface area contributed by atoms with Crippen LogP contribution in [0.5, 0.6) is 0 Å². The first-order valence-corrected chi connectivity index (χ1v) is 12.6.